The Hall–Kier alpha value is -1.95. The van der Waals surface area contributed by atoms with Crippen LogP contribution in [0.5, 0.6) is 0 Å². The van der Waals surface area contributed by atoms with E-state index in [1.54, 1.807) is 19.1 Å². The highest BCUT2D eigenvalue weighted by Gasteiger charge is 2.22. The SMILES string of the molecule is Cc1cc(-c2nc(N3CCCC(CN)C3)n[nH]2)ccc1F. The zero-order chi connectivity index (χ0) is 14.8. The lowest BCUT2D eigenvalue weighted by molar-refractivity contribution is 0.420. The van der Waals surface area contributed by atoms with Gasteiger partial charge >= 0.3 is 0 Å². The van der Waals surface area contributed by atoms with E-state index in [1.165, 1.54) is 12.5 Å². The number of anilines is 1. The lowest BCUT2D eigenvalue weighted by Gasteiger charge is -2.31. The van der Waals surface area contributed by atoms with Gasteiger partial charge in [-0.15, -0.1) is 5.10 Å². The summed E-state index contributed by atoms with van der Waals surface area (Å²) >= 11 is 0. The van der Waals surface area contributed by atoms with Gasteiger partial charge in [0.05, 0.1) is 0 Å². The number of rotatable bonds is 3. The molecule has 0 bridgehead atoms. The molecule has 21 heavy (non-hydrogen) atoms. The molecule has 2 heterocycles. The molecule has 2 aromatic rings. The third-order valence-electron chi connectivity index (χ3n) is 4.04. The zero-order valence-electron chi connectivity index (χ0n) is 12.1. The quantitative estimate of drug-likeness (QED) is 0.907. The fraction of sp³-hybridized carbons (Fsp3) is 0.467. The Morgan fingerprint density at radius 2 is 2.33 bits per heavy atom. The molecule has 1 fully saturated rings. The van der Waals surface area contributed by atoms with E-state index in [0.717, 1.165) is 25.1 Å². The Morgan fingerprint density at radius 3 is 3.10 bits per heavy atom. The maximum absolute atomic E-state index is 13.3. The highest BCUT2D eigenvalue weighted by molar-refractivity contribution is 5.57. The average Bonchev–Trinajstić information content (AvgIpc) is 3.00. The number of piperidine rings is 1. The van der Waals surface area contributed by atoms with Gasteiger partial charge in [-0.3, -0.25) is 5.10 Å². The van der Waals surface area contributed by atoms with Crippen LogP contribution in [0.2, 0.25) is 0 Å². The second-order valence-corrected chi connectivity index (χ2v) is 5.64. The molecule has 0 amide bonds. The molecule has 1 saturated heterocycles. The third kappa shape index (κ3) is 2.90. The fourth-order valence-corrected chi connectivity index (χ4v) is 2.75. The number of hydrogen-bond donors (Lipinski definition) is 2. The monoisotopic (exact) mass is 289 g/mol. The Balaban J connectivity index is 1.81. The van der Waals surface area contributed by atoms with Crippen molar-refractivity contribution in [3.63, 3.8) is 0 Å². The number of nitrogens with zero attached hydrogens (tertiary/aromatic N) is 3. The number of H-pyrrole nitrogens is 1. The largest absolute Gasteiger partial charge is 0.339 e. The molecule has 1 atom stereocenters. The highest BCUT2D eigenvalue weighted by Crippen LogP contribution is 2.23. The minimum atomic E-state index is -0.208. The van der Waals surface area contributed by atoms with Crippen molar-refractivity contribution in [1.82, 2.24) is 15.2 Å². The third-order valence-corrected chi connectivity index (χ3v) is 4.04. The average molecular weight is 289 g/mol. The van der Waals surface area contributed by atoms with Crippen molar-refractivity contribution in [1.29, 1.82) is 0 Å². The molecule has 1 aliphatic heterocycles. The Kier molecular flexibility index (Phi) is 3.88. The van der Waals surface area contributed by atoms with E-state index >= 15 is 0 Å². The molecule has 3 N–H and O–H groups in total. The predicted octanol–water partition coefficient (Wildman–Crippen LogP) is 2.09. The molecule has 1 aromatic carbocycles. The first-order chi connectivity index (χ1) is 10.2. The molecule has 0 aliphatic carbocycles. The minimum absolute atomic E-state index is 0.208. The molecule has 1 unspecified atom stereocenters. The molecule has 0 saturated carbocycles. The first-order valence-electron chi connectivity index (χ1n) is 7.31. The van der Waals surface area contributed by atoms with E-state index in [9.17, 15) is 4.39 Å². The van der Waals surface area contributed by atoms with E-state index in [-0.39, 0.29) is 5.82 Å². The summed E-state index contributed by atoms with van der Waals surface area (Å²) in [7, 11) is 0. The maximum Gasteiger partial charge on any atom is 0.245 e. The lowest BCUT2D eigenvalue weighted by atomic mass is 9.99. The van der Waals surface area contributed by atoms with Gasteiger partial charge in [0.2, 0.25) is 5.95 Å². The van der Waals surface area contributed by atoms with Gasteiger partial charge in [-0.25, -0.2) is 4.39 Å². The fourth-order valence-electron chi connectivity index (χ4n) is 2.75. The molecular formula is C15H20FN5. The first kappa shape index (κ1) is 14.0. The van der Waals surface area contributed by atoms with Gasteiger partial charge in [-0.05, 0) is 56.0 Å². The highest BCUT2D eigenvalue weighted by atomic mass is 19.1. The number of nitrogens with two attached hydrogens (primary N) is 1. The molecule has 0 radical (unpaired) electrons. The molecule has 0 spiro atoms. The van der Waals surface area contributed by atoms with Gasteiger partial charge in [-0.2, -0.15) is 4.98 Å². The molecule has 1 aliphatic rings. The number of aromatic nitrogens is 3. The Labute approximate surface area is 123 Å². The number of nitrogens with one attached hydrogen (secondary N) is 1. The van der Waals surface area contributed by atoms with Crippen molar-refractivity contribution in [3.05, 3.63) is 29.6 Å². The summed E-state index contributed by atoms with van der Waals surface area (Å²) in [5.41, 5.74) is 7.21. The van der Waals surface area contributed by atoms with Gasteiger partial charge in [0, 0.05) is 18.7 Å². The molecule has 6 heteroatoms. The maximum atomic E-state index is 13.3. The molecular weight excluding hydrogens is 269 g/mol. The molecule has 5 nitrogen and oxygen atoms in total. The standard InChI is InChI=1S/C15H20FN5/c1-10-7-12(4-5-13(10)16)14-18-15(20-19-14)21-6-2-3-11(8-17)9-21/h4-5,7,11H,2-3,6,8-9,17H2,1H3,(H,18,19,20). The van der Waals surface area contributed by atoms with Crippen LogP contribution in [0.4, 0.5) is 10.3 Å². The summed E-state index contributed by atoms with van der Waals surface area (Å²) < 4.78 is 13.3. The van der Waals surface area contributed by atoms with Crippen LogP contribution in [0.15, 0.2) is 18.2 Å². The van der Waals surface area contributed by atoms with Crippen LogP contribution in [0, 0.1) is 18.7 Å². The number of aryl methyl sites for hydroxylation is 1. The van der Waals surface area contributed by atoms with E-state index in [0.29, 0.717) is 29.8 Å². The van der Waals surface area contributed by atoms with Gasteiger partial charge in [0.1, 0.15) is 5.82 Å². The summed E-state index contributed by atoms with van der Waals surface area (Å²) in [5, 5.41) is 7.23. The second kappa shape index (κ2) is 5.81. The van der Waals surface area contributed by atoms with Gasteiger partial charge in [0.25, 0.3) is 0 Å². The second-order valence-electron chi connectivity index (χ2n) is 5.64. The van der Waals surface area contributed by atoms with Crippen molar-refractivity contribution >= 4 is 5.95 Å². The number of benzene rings is 1. The van der Waals surface area contributed by atoms with Crippen molar-refractivity contribution in [2.45, 2.75) is 19.8 Å². The first-order valence-corrected chi connectivity index (χ1v) is 7.31. The number of halogens is 1. The van der Waals surface area contributed by atoms with E-state index < -0.39 is 0 Å². The van der Waals surface area contributed by atoms with E-state index in [1.807, 2.05) is 0 Å². The molecule has 3 rings (SSSR count). The number of aromatic amines is 1. The Morgan fingerprint density at radius 1 is 1.48 bits per heavy atom. The molecule has 1 aromatic heterocycles. The van der Waals surface area contributed by atoms with Crippen LogP contribution < -0.4 is 10.6 Å². The van der Waals surface area contributed by atoms with Crippen molar-refractivity contribution in [3.8, 4) is 11.4 Å². The van der Waals surface area contributed by atoms with Crippen LogP contribution in [-0.2, 0) is 0 Å². The lowest BCUT2D eigenvalue weighted by Crippen LogP contribution is -2.38. The summed E-state index contributed by atoms with van der Waals surface area (Å²) in [4.78, 5) is 6.70. The van der Waals surface area contributed by atoms with E-state index in [2.05, 4.69) is 20.1 Å². The summed E-state index contributed by atoms with van der Waals surface area (Å²) in [6.45, 7) is 4.30. The number of hydrogen-bond acceptors (Lipinski definition) is 4. The van der Waals surface area contributed by atoms with Gasteiger partial charge in [0.15, 0.2) is 5.82 Å². The van der Waals surface area contributed by atoms with E-state index in [4.69, 9.17) is 5.73 Å². The summed E-state index contributed by atoms with van der Waals surface area (Å²) in [5.74, 6) is 1.67. The van der Waals surface area contributed by atoms with Crippen molar-refractivity contribution in [2.24, 2.45) is 11.7 Å². The normalized spacial score (nSPS) is 19.0. The van der Waals surface area contributed by atoms with Crippen LogP contribution in [0.1, 0.15) is 18.4 Å². The zero-order valence-corrected chi connectivity index (χ0v) is 12.1. The molecule has 112 valence electrons. The summed E-state index contributed by atoms with van der Waals surface area (Å²) in [6, 6.07) is 4.95. The smallest absolute Gasteiger partial charge is 0.245 e. The summed E-state index contributed by atoms with van der Waals surface area (Å²) in [6.07, 6.45) is 2.28. The Bertz CT molecular complexity index is 624. The van der Waals surface area contributed by atoms with Crippen LogP contribution in [0.3, 0.4) is 0 Å². The van der Waals surface area contributed by atoms with Crippen molar-refractivity contribution in [2.75, 3.05) is 24.5 Å². The van der Waals surface area contributed by atoms with Crippen LogP contribution >= 0.6 is 0 Å². The van der Waals surface area contributed by atoms with Crippen molar-refractivity contribution < 1.29 is 4.39 Å². The topological polar surface area (TPSA) is 70.8 Å². The van der Waals surface area contributed by atoms with Crippen LogP contribution in [0.25, 0.3) is 11.4 Å². The minimum Gasteiger partial charge on any atom is -0.339 e. The van der Waals surface area contributed by atoms with Gasteiger partial charge < -0.3 is 10.6 Å². The van der Waals surface area contributed by atoms with Gasteiger partial charge in [-0.1, -0.05) is 0 Å². The predicted molar refractivity (Wildman–Crippen MR) is 80.5 cm³/mol. The van der Waals surface area contributed by atoms with Crippen LogP contribution in [-0.4, -0.2) is 34.8 Å².